The number of amides is 1. The molecule has 0 radical (unpaired) electrons. The molecule has 1 saturated heterocycles. The number of β-amino-alcohol motifs (C(OH)–C–C–N with tert-alkyl or cyclic N) is 1. The number of nitrogens with one attached hydrogen (secondary N) is 2. The van der Waals surface area contributed by atoms with Gasteiger partial charge < -0.3 is 20.5 Å². The van der Waals surface area contributed by atoms with Gasteiger partial charge in [-0.1, -0.05) is 56.5 Å². The molecule has 0 spiro atoms. The molecule has 1 aromatic carbocycles. The Labute approximate surface area is 201 Å². The molecule has 8 heteroatoms. The van der Waals surface area contributed by atoms with Crippen LogP contribution < -0.4 is 15.4 Å². The van der Waals surface area contributed by atoms with Crippen LogP contribution in [0.3, 0.4) is 0 Å². The van der Waals surface area contributed by atoms with Crippen molar-refractivity contribution in [2.75, 3.05) is 31.9 Å². The van der Waals surface area contributed by atoms with Crippen LogP contribution in [0.25, 0.3) is 0 Å². The Kier molecular flexibility index (Phi) is 10.6. The second-order valence-electron chi connectivity index (χ2n) is 8.76. The molecule has 1 aliphatic carbocycles. The van der Waals surface area contributed by atoms with Crippen LogP contribution in [0.15, 0.2) is 24.3 Å². The summed E-state index contributed by atoms with van der Waals surface area (Å²) in [4.78, 5) is 15.8. The highest BCUT2D eigenvalue weighted by molar-refractivity contribution is 7.99. The summed E-state index contributed by atoms with van der Waals surface area (Å²) in [6, 6.07) is 7.55. The monoisotopic (exact) mass is 479 g/mol. The molecule has 2 fully saturated rings. The third-order valence-electron chi connectivity index (χ3n) is 6.51. The fourth-order valence-electron chi connectivity index (χ4n) is 4.54. The minimum Gasteiger partial charge on any atom is -0.497 e. The van der Waals surface area contributed by atoms with Crippen molar-refractivity contribution in [3.8, 4) is 5.75 Å². The van der Waals surface area contributed by atoms with E-state index in [0.29, 0.717) is 18.1 Å². The summed E-state index contributed by atoms with van der Waals surface area (Å²) >= 11 is 7.49. The zero-order chi connectivity index (χ0) is 22.8. The van der Waals surface area contributed by atoms with E-state index in [1.54, 1.807) is 18.9 Å². The quantitative estimate of drug-likeness (QED) is 0.421. The standard InChI is InChI=1S/C24H37N3O3S2/c1-30-20-10-7-19(8-11-20)15-25-24(31)21(12-9-18-5-3-2-4-6-18)26-23(29)22-16-32-17-27(22)13-14-28/h7-8,10-11,18,21-22,28H,2-6,9,12-17H2,1H3,(H,25,31)(H,26,29)/t21-,22+/m1/s1. The number of aliphatic hydroxyl groups is 1. The summed E-state index contributed by atoms with van der Waals surface area (Å²) in [7, 11) is 1.66. The molecule has 1 amide bonds. The van der Waals surface area contributed by atoms with Gasteiger partial charge in [0, 0.05) is 24.7 Å². The lowest BCUT2D eigenvalue weighted by atomic mass is 9.85. The molecule has 2 aliphatic rings. The van der Waals surface area contributed by atoms with Crippen LogP contribution in [0.1, 0.15) is 50.5 Å². The number of carbonyl (C=O) groups is 1. The number of thioether (sulfide) groups is 1. The first-order valence-electron chi connectivity index (χ1n) is 11.7. The first kappa shape index (κ1) is 25.3. The molecule has 0 bridgehead atoms. The number of hydrogen-bond acceptors (Lipinski definition) is 6. The van der Waals surface area contributed by atoms with E-state index in [1.165, 1.54) is 32.1 Å². The van der Waals surface area contributed by atoms with Crippen LogP contribution in [-0.4, -0.2) is 64.9 Å². The average Bonchev–Trinajstić information content (AvgIpc) is 3.29. The van der Waals surface area contributed by atoms with E-state index in [0.717, 1.165) is 41.7 Å². The van der Waals surface area contributed by atoms with Gasteiger partial charge in [0.05, 0.1) is 30.8 Å². The molecule has 1 heterocycles. The van der Waals surface area contributed by atoms with Crippen molar-refractivity contribution in [1.29, 1.82) is 0 Å². The van der Waals surface area contributed by atoms with Crippen LogP contribution in [-0.2, 0) is 11.3 Å². The van der Waals surface area contributed by atoms with Crippen molar-refractivity contribution < 1.29 is 14.6 Å². The Morgan fingerprint density at radius 3 is 2.72 bits per heavy atom. The first-order chi connectivity index (χ1) is 15.6. The van der Waals surface area contributed by atoms with Gasteiger partial charge in [0.2, 0.25) is 5.91 Å². The van der Waals surface area contributed by atoms with Gasteiger partial charge in [-0.2, -0.15) is 0 Å². The largest absolute Gasteiger partial charge is 0.497 e. The van der Waals surface area contributed by atoms with E-state index in [-0.39, 0.29) is 24.6 Å². The maximum Gasteiger partial charge on any atom is 0.238 e. The lowest BCUT2D eigenvalue weighted by molar-refractivity contribution is -0.125. The summed E-state index contributed by atoms with van der Waals surface area (Å²) in [6.07, 6.45) is 8.51. The molecule has 2 atom stereocenters. The predicted octanol–water partition coefficient (Wildman–Crippen LogP) is 3.32. The van der Waals surface area contributed by atoms with E-state index in [4.69, 9.17) is 17.0 Å². The Morgan fingerprint density at radius 1 is 1.28 bits per heavy atom. The minimum atomic E-state index is -0.200. The number of aliphatic hydroxyl groups excluding tert-OH is 1. The number of ether oxygens (including phenoxy) is 1. The molecule has 0 unspecified atom stereocenters. The fraction of sp³-hybridized carbons (Fsp3) is 0.667. The van der Waals surface area contributed by atoms with Crippen molar-refractivity contribution in [3.05, 3.63) is 29.8 Å². The summed E-state index contributed by atoms with van der Waals surface area (Å²) in [5.74, 6) is 3.13. The van der Waals surface area contributed by atoms with Crippen LogP contribution >= 0.6 is 24.0 Å². The molecular weight excluding hydrogens is 442 g/mol. The zero-order valence-corrected chi connectivity index (χ0v) is 20.7. The Balaban J connectivity index is 1.59. The third-order valence-corrected chi connectivity index (χ3v) is 8.01. The van der Waals surface area contributed by atoms with E-state index in [2.05, 4.69) is 10.6 Å². The van der Waals surface area contributed by atoms with Gasteiger partial charge in [0.25, 0.3) is 0 Å². The second kappa shape index (κ2) is 13.4. The number of benzene rings is 1. The van der Waals surface area contributed by atoms with Crippen LogP contribution in [0, 0.1) is 5.92 Å². The molecule has 6 nitrogen and oxygen atoms in total. The Morgan fingerprint density at radius 2 is 2.03 bits per heavy atom. The Bertz CT molecular complexity index is 726. The lowest BCUT2D eigenvalue weighted by Gasteiger charge is -2.28. The first-order valence-corrected chi connectivity index (χ1v) is 13.3. The van der Waals surface area contributed by atoms with Crippen LogP contribution in [0.2, 0.25) is 0 Å². The number of nitrogens with zero attached hydrogens (tertiary/aromatic N) is 1. The molecule has 1 aliphatic heterocycles. The maximum atomic E-state index is 13.1. The van der Waals surface area contributed by atoms with E-state index >= 15 is 0 Å². The van der Waals surface area contributed by atoms with Crippen molar-refractivity contribution in [2.45, 2.75) is 63.6 Å². The second-order valence-corrected chi connectivity index (χ2v) is 10.2. The van der Waals surface area contributed by atoms with E-state index in [1.807, 2.05) is 29.2 Å². The molecule has 1 saturated carbocycles. The maximum absolute atomic E-state index is 13.1. The highest BCUT2D eigenvalue weighted by Crippen LogP contribution is 2.28. The van der Waals surface area contributed by atoms with Gasteiger partial charge in [-0.25, -0.2) is 0 Å². The zero-order valence-electron chi connectivity index (χ0n) is 19.1. The molecule has 0 aromatic heterocycles. The molecule has 32 heavy (non-hydrogen) atoms. The highest BCUT2D eigenvalue weighted by atomic mass is 32.2. The van der Waals surface area contributed by atoms with Gasteiger partial charge in [-0.3, -0.25) is 9.69 Å². The Hall–Kier alpha value is -1.35. The summed E-state index contributed by atoms with van der Waals surface area (Å²) < 4.78 is 5.23. The predicted molar refractivity (Wildman–Crippen MR) is 135 cm³/mol. The van der Waals surface area contributed by atoms with Gasteiger partial charge in [-0.15, -0.1) is 11.8 Å². The van der Waals surface area contributed by atoms with Gasteiger partial charge in [0.15, 0.2) is 0 Å². The van der Waals surface area contributed by atoms with Gasteiger partial charge in [-0.05, 0) is 36.5 Å². The molecule has 178 valence electrons. The number of thiocarbonyl (C=S) groups is 1. The third kappa shape index (κ3) is 7.61. The number of carbonyl (C=O) groups excluding carboxylic acids is 1. The topological polar surface area (TPSA) is 73.8 Å². The van der Waals surface area contributed by atoms with Crippen molar-refractivity contribution in [3.63, 3.8) is 0 Å². The molecule has 3 rings (SSSR count). The van der Waals surface area contributed by atoms with Crippen molar-refractivity contribution >= 4 is 34.9 Å². The smallest absolute Gasteiger partial charge is 0.238 e. The summed E-state index contributed by atoms with van der Waals surface area (Å²) in [6.45, 7) is 1.21. The SMILES string of the molecule is COc1ccc(CNC(=S)[C@@H](CCC2CCCCC2)NC(=O)[C@@H]2CSCN2CCO)cc1. The van der Waals surface area contributed by atoms with Crippen molar-refractivity contribution in [1.82, 2.24) is 15.5 Å². The van der Waals surface area contributed by atoms with Crippen LogP contribution in [0.4, 0.5) is 0 Å². The minimum absolute atomic E-state index is 0.0192. The van der Waals surface area contributed by atoms with E-state index < -0.39 is 0 Å². The number of hydrogen-bond donors (Lipinski definition) is 3. The normalized spacial score (nSPS) is 20.6. The fourth-order valence-corrected chi connectivity index (χ4v) is 6.02. The number of rotatable bonds is 11. The number of methoxy groups -OCH3 is 1. The summed E-state index contributed by atoms with van der Waals surface area (Å²) in [5.41, 5.74) is 1.12. The summed E-state index contributed by atoms with van der Waals surface area (Å²) in [5, 5.41) is 15.9. The van der Waals surface area contributed by atoms with Crippen molar-refractivity contribution in [2.24, 2.45) is 5.92 Å². The lowest BCUT2D eigenvalue weighted by Crippen LogP contribution is -2.52. The molecule has 3 N–H and O–H groups in total. The van der Waals surface area contributed by atoms with Gasteiger partial charge >= 0.3 is 0 Å². The molecular formula is C24H37N3O3S2. The molecule has 1 aromatic rings. The highest BCUT2D eigenvalue weighted by Gasteiger charge is 2.32. The van der Waals surface area contributed by atoms with Crippen LogP contribution in [0.5, 0.6) is 5.75 Å². The van der Waals surface area contributed by atoms with Gasteiger partial charge in [0.1, 0.15) is 5.75 Å². The van der Waals surface area contributed by atoms with E-state index in [9.17, 15) is 9.90 Å². The average molecular weight is 480 g/mol.